The third kappa shape index (κ3) is 2.08. The van der Waals surface area contributed by atoms with E-state index in [1.54, 1.807) is 0 Å². The smallest absolute Gasteiger partial charge is 0.138 e. The summed E-state index contributed by atoms with van der Waals surface area (Å²) >= 11 is 0. The molecule has 24 heavy (non-hydrogen) atoms. The minimum atomic E-state index is 0.869. The summed E-state index contributed by atoms with van der Waals surface area (Å²) in [7, 11) is 0. The topological polar surface area (TPSA) is 57.4 Å². The van der Waals surface area contributed by atoms with Gasteiger partial charge < -0.3 is 9.97 Å². The third-order valence-corrected chi connectivity index (χ3v) is 4.19. The zero-order valence-corrected chi connectivity index (χ0v) is 12.8. The van der Waals surface area contributed by atoms with Crippen LogP contribution in [0.4, 0.5) is 0 Å². The maximum absolute atomic E-state index is 4.67. The molecule has 5 rings (SSSR count). The van der Waals surface area contributed by atoms with Gasteiger partial charge >= 0.3 is 0 Å². The van der Waals surface area contributed by atoms with Crippen molar-refractivity contribution >= 4 is 22.1 Å². The number of imidazole rings is 2. The summed E-state index contributed by atoms with van der Waals surface area (Å²) in [5.41, 5.74) is 6.10. The molecule has 0 spiro atoms. The molecule has 114 valence electrons. The second kappa shape index (κ2) is 5.06. The van der Waals surface area contributed by atoms with Crippen LogP contribution >= 0.6 is 0 Å². The Bertz CT molecular complexity index is 1120. The van der Waals surface area contributed by atoms with E-state index in [4.69, 9.17) is 0 Å². The first-order valence-electron chi connectivity index (χ1n) is 7.87. The summed E-state index contributed by atoms with van der Waals surface area (Å²) < 4.78 is 0. The fourth-order valence-corrected chi connectivity index (χ4v) is 2.98. The molecule has 2 heterocycles. The summed E-state index contributed by atoms with van der Waals surface area (Å²) in [6.45, 7) is 0. The first-order chi connectivity index (χ1) is 11.9. The molecule has 0 aliphatic heterocycles. The number of H-pyrrole nitrogens is 2. The highest BCUT2D eigenvalue weighted by Crippen LogP contribution is 2.26. The van der Waals surface area contributed by atoms with Gasteiger partial charge in [-0.25, -0.2) is 9.97 Å². The van der Waals surface area contributed by atoms with E-state index >= 15 is 0 Å². The Morgan fingerprint density at radius 3 is 2.04 bits per heavy atom. The molecular formula is C20H14N4. The van der Waals surface area contributed by atoms with Gasteiger partial charge in [0.2, 0.25) is 0 Å². The summed E-state index contributed by atoms with van der Waals surface area (Å²) in [4.78, 5) is 16.1. The first-order valence-corrected chi connectivity index (χ1v) is 7.87. The fraction of sp³-hybridized carbons (Fsp3) is 0. The maximum atomic E-state index is 4.67. The normalized spacial score (nSPS) is 11.3. The third-order valence-electron chi connectivity index (χ3n) is 4.19. The Labute approximate surface area is 138 Å². The largest absolute Gasteiger partial charge is 0.338 e. The van der Waals surface area contributed by atoms with Crippen LogP contribution in [-0.2, 0) is 0 Å². The van der Waals surface area contributed by atoms with Crippen LogP contribution in [0.15, 0.2) is 72.8 Å². The Morgan fingerprint density at radius 1 is 0.542 bits per heavy atom. The standard InChI is InChI=1S/C20H14N4/c1-2-6-13(7-3-1)19-23-17-11-10-14(12-18(17)24-19)20-21-15-8-4-5-9-16(15)22-20/h1-12H,(H,21,22)(H,23,24). The van der Waals surface area contributed by atoms with Crippen molar-refractivity contribution in [3.05, 3.63) is 72.8 Å². The number of fused-ring (bicyclic) bond motifs is 2. The maximum Gasteiger partial charge on any atom is 0.138 e. The number of hydrogen-bond donors (Lipinski definition) is 2. The molecule has 0 saturated heterocycles. The molecule has 0 saturated carbocycles. The molecule has 4 heteroatoms. The fourth-order valence-electron chi connectivity index (χ4n) is 2.98. The van der Waals surface area contributed by atoms with E-state index in [-0.39, 0.29) is 0 Å². The minimum absolute atomic E-state index is 0.869. The van der Waals surface area contributed by atoms with Crippen molar-refractivity contribution in [1.29, 1.82) is 0 Å². The lowest BCUT2D eigenvalue weighted by atomic mass is 10.2. The summed E-state index contributed by atoms with van der Waals surface area (Å²) in [6.07, 6.45) is 0. The lowest BCUT2D eigenvalue weighted by Gasteiger charge is -1.96. The van der Waals surface area contributed by atoms with Crippen LogP contribution in [0, 0.1) is 0 Å². The number of hydrogen-bond acceptors (Lipinski definition) is 2. The van der Waals surface area contributed by atoms with Crippen LogP contribution in [0.2, 0.25) is 0 Å². The second-order valence-corrected chi connectivity index (χ2v) is 5.79. The molecule has 2 N–H and O–H groups in total. The molecule has 0 aliphatic rings. The van der Waals surface area contributed by atoms with Crippen LogP contribution in [0.1, 0.15) is 0 Å². The summed E-state index contributed by atoms with van der Waals surface area (Å²) in [6, 6.07) is 24.4. The molecule has 0 bridgehead atoms. The predicted octanol–water partition coefficient (Wildman–Crippen LogP) is 4.77. The van der Waals surface area contributed by atoms with E-state index < -0.39 is 0 Å². The van der Waals surface area contributed by atoms with Gasteiger partial charge in [0.15, 0.2) is 0 Å². The van der Waals surface area contributed by atoms with Crippen molar-refractivity contribution in [2.24, 2.45) is 0 Å². The van der Waals surface area contributed by atoms with Crippen LogP contribution < -0.4 is 0 Å². The summed E-state index contributed by atoms with van der Waals surface area (Å²) in [5.74, 6) is 1.75. The highest BCUT2D eigenvalue weighted by atomic mass is 14.9. The second-order valence-electron chi connectivity index (χ2n) is 5.79. The average molecular weight is 310 g/mol. The Hall–Kier alpha value is -3.40. The van der Waals surface area contributed by atoms with Gasteiger partial charge in [0.1, 0.15) is 11.6 Å². The van der Waals surface area contributed by atoms with E-state index in [0.29, 0.717) is 0 Å². The molecular weight excluding hydrogens is 296 g/mol. The molecule has 2 aromatic heterocycles. The van der Waals surface area contributed by atoms with Crippen molar-refractivity contribution in [2.45, 2.75) is 0 Å². The number of nitrogens with one attached hydrogen (secondary N) is 2. The minimum Gasteiger partial charge on any atom is -0.338 e. The predicted molar refractivity (Wildman–Crippen MR) is 96.6 cm³/mol. The van der Waals surface area contributed by atoms with Gasteiger partial charge in [0.05, 0.1) is 22.1 Å². The number of aromatic nitrogens is 4. The molecule has 0 radical (unpaired) electrons. The zero-order chi connectivity index (χ0) is 15.9. The Kier molecular flexibility index (Phi) is 2.76. The van der Waals surface area contributed by atoms with Crippen molar-refractivity contribution < 1.29 is 0 Å². The number of benzene rings is 3. The monoisotopic (exact) mass is 310 g/mol. The molecule has 0 unspecified atom stereocenters. The van der Waals surface area contributed by atoms with Gasteiger partial charge in [-0.3, -0.25) is 0 Å². The van der Waals surface area contributed by atoms with Gasteiger partial charge in [-0.2, -0.15) is 0 Å². The van der Waals surface area contributed by atoms with E-state index in [1.165, 1.54) is 0 Å². The number of nitrogens with zero attached hydrogens (tertiary/aromatic N) is 2. The van der Waals surface area contributed by atoms with Crippen molar-refractivity contribution in [3.63, 3.8) is 0 Å². The highest BCUT2D eigenvalue weighted by Gasteiger charge is 2.09. The van der Waals surface area contributed by atoms with Crippen LogP contribution in [0.5, 0.6) is 0 Å². The number of rotatable bonds is 2. The van der Waals surface area contributed by atoms with Crippen molar-refractivity contribution in [2.75, 3.05) is 0 Å². The molecule has 0 fully saturated rings. The molecule has 0 amide bonds. The van der Waals surface area contributed by atoms with E-state index in [0.717, 1.165) is 44.8 Å². The van der Waals surface area contributed by atoms with Crippen LogP contribution in [-0.4, -0.2) is 19.9 Å². The van der Waals surface area contributed by atoms with Gasteiger partial charge in [0, 0.05) is 11.1 Å². The van der Waals surface area contributed by atoms with E-state index in [9.17, 15) is 0 Å². The molecule has 0 atom stereocenters. The summed E-state index contributed by atoms with van der Waals surface area (Å²) in [5, 5.41) is 0. The molecule has 5 aromatic rings. The average Bonchev–Trinajstić information content (AvgIpc) is 3.25. The number of para-hydroxylation sites is 2. The highest BCUT2D eigenvalue weighted by molar-refractivity contribution is 5.85. The zero-order valence-electron chi connectivity index (χ0n) is 12.8. The van der Waals surface area contributed by atoms with Crippen molar-refractivity contribution in [1.82, 2.24) is 19.9 Å². The lowest BCUT2D eigenvalue weighted by Crippen LogP contribution is -1.80. The number of aromatic amines is 2. The Morgan fingerprint density at radius 2 is 1.21 bits per heavy atom. The van der Waals surface area contributed by atoms with Gasteiger partial charge in [-0.1, -0.05) is 42.5 Å². The van der Waals surface area contributed by atoms with Crippen molar-refractivity contribution in [3.8, 4) is 22.8 Å². The van der Waals surface area contributed by atoms with E-state index in [1.807, 2.05) is 48.5 Å². The van der Waals surface area contributed by atoms with Crippen LogP contribution in [0.3, 0.4) is 0 Å². The SMILES string of the molecule is c1ccc(-c2nc3ccc(-c4nc5ccccc5[nH]4)cc3[nH]2)cc1. The van der Waals surface area contributed by atoms with Gasteiger partial charge in [-0.05, 0) is 30.3 Å². The van der Waals surface area contributed by atoms with Crippen LogP contribution in [0.25, 0.3) is 44.8 Å². The molecule has 4 nitrogen and oxygen atoms in total. The lowest BCUT2D eigenvalue weighted by molar-refractivity contribution is 1.33. The van der Waals surface area contributed by atoms with Gasteiger partial charge in [0.25, 0.3) is 0 Å². The van der Waals surface area contributed by atoms with Gasteiger partial charge in [-0.15, -0.1) is 0 Å². The Balaban J connectivity index is 1.63. The quantitative estimate of drug-likeness (QED) is 0.493. The molecule has 3 aromatic carbocycles. The van der Waals surface area contributed by atoms with E-state index in [2.05, 4.69) is 44.2 Å². The molecule has 0 aliphatic carbocycles. The first kappa shape index (κ1) is 13.1.